The Labute approximate surface area is 156 Å². The Morgan fingerprint density at radius 2 is 2.00 bits per heavy atom. The molecule has 3 rings (SSSR count). The minimum atomic E-state index is -0.432. The van der Waals surface area contributed by atoms with Gasteiger partial charge < -0.3 is 19.7 Å². The predicted octanol–water partition coefficient (Wildman–Crippen LogP) is 1.90. The van der Waals surface area contributed by atoms with Crippen LogP contribution in [-0.4, -0.2) is 44.8 Å². The van der Waals surface area contributed by atoms with Crippen LogP contribution in [0.2, 0.25) is 0 Å². The number of nitrogens with zero attached hydrogens (tertiary/aromatic N) is 3. The molecule has 0 saturated heterocycles. The lowest BCUT2D eigenvalue weighted by Crippen LogP contribution is -2.33. The van der Waals surface area contributed by atoms with Crippen molar-refractivity contribution in [3.05, 3.63) is 71.8 Å². The molecule has 0 bridgehead atoms. The lowest BCUT2D eigenvalue weighted by Gasteiger charge is -2.20. The number of aliphatic hydroxyl groups excluding tert-OH is 1. The summed E-state index contributed by atoms with van der Waals surface area (Å²) in [6.07, 6.45) is 1.41. The molecule has 0 atom stereocenters. The van der Waals surface area contributed by atoms with Crippen LogP contribution in [0.5, 0.6) is 0 Å². The zero-order valence-corrected chi connectivity index (χ0v) is 14.8. The molecule has 0 unspecified atom stereocenters. The van der Waals surface area contributed by atoms with E-state index in [1.54, 1.807) is 19.2 Å². The third-order valence-corrected chi connectivity index (χ3v) is 3.96. The summed E-state index contributed by atoms with van der Waals surface area (Å²) in [5, 5.41) is 16.2. The second-order valence-electron chi connectivity index (χ2n) is 5.91. The van der Waals surface area contributed by atoms with Crippen molar-refractivity contribution in [2.24, 2.45) is 7.05 Å². The van der Waals surface area contributed by atoms with Crippen LogP contribution in [0.25, 0.3) is 0 Å². The van der Waals surface area contributed by atoms with Crippen LogP contribution in [0.1, 0.15) is 26.6 Å². The van der Waals surface area contributed by atoms with Gasteiger partial charge in [-0.25, -0.2) is 0 Å². The van der Waals surface area contributed by atoms with Gasteiger partial charge in [-0.3, -0.25) is 14.3 Å². The summed E-state index contributed by atoms with van der Waals surface area (Å²) < 4.78 is 6.46. The van der Waals surface area contributed by atoms with Gasteiger partial charge in [0.05, 0.1) is 12.9 Å². The van der Waals surface area contributed by atoms with Crippen molar-refractivity contribution in [1.82, 2.24) is 14.7 Å². The molecule has 140 valence electrons. The summed E-state index contributed by atoms with van der Waals surface area (Å²) in [5.74, 6) is -0.237. The fourth-order valence-electron chi connectivity index (χ4n) is 2.61. The van der Waals surface area contributed by atoms with Crippen LogP contribution in [0.3, 0.4) is 0 Å². The van der Waals surface area contributed by atoms with Gasteiger partial charge in [-0.1, -0.05) is 30.3 Å². The molecular formula is C19H20N4O4. The first kappa shape index (κ1) is 18.4. The zero-order chi connectivity index (χ0) is 19.2. The topological polar surface area (TPSA) is 101 Å². The fourth-order valence-corrected chi connectivity index (χ4v) is 2.61. The number of rotatable bonds is 7. The minimum Gasteiger partial charge on any atom is -0.459 e. The molecular weight excluding hydrogens is 348 g/mol. The van der Waals surface area contributed by atoms with Crippen molar-refractivity contribution in [2.45, 2.75) is 6.54 Å². The van der Waals surface area contributed by atoms with Gasteiger partial charge in [-0.2, -0.15) is 5.10 Å². The maximum atomic E-state index is 12.8. The Morgan fingerprint density at radius 3 is 2.67 bits per heavy atom. The third kappa shape index (κ3) is 4.42. The number of aliphatic hydroxyl groups is 1. The molecule has 8 nitrogen and oxygen atoms in total. The van der Waals surface area contributed by atoms with E-state index < -0.39 is 5.91 Å². The van der Waals surface area contributed by atoms with Crippen molar-refractivity contribution >= 4 is 17.6 Å². The maximum Gasteiger partial charge on any atom is 0.292 e. The van der Waals surface area contributed by atoms with E-state index in [0.29, 0.717) is 12.4 Å². The number of hydrogen-bond donors (Lipinski definition) is 2. The first-order valence-corrected chi connectivity index (χ1v) is 8.41. The standard InChI is InChI=1S/C19H20N4O4/c1-22-17(20-18(25)16-8-5-11-27-16)12-15(21-22)19(26)23(9-10-24)13-14-6-3-2-4-7-14/h2-8,11-12,24H,9-10,13H2,1H3,(H,20,25). The molecule has 2 N–H and O–H groups in total. The van der Waals surface area contributed by atoms with Gasteiger partial charge in [0, 0.05) is 26.2 Å². The number of anilines is 1. The van der Waals surface area contributed by atoms with E-state index in [-0.39, 0.29) is 30.5 Å². The molecule has 0 aliphatic heterocycles. The maximum absolute atomic E-state index is 12.8. The van der Waals surface area contributed by atoms with Crippen LogP contribution in [0.4, 0.5) is 5.82 Å². The normalized spacial score (nSPS) is 10.6. The molecule has 0 aliphatic carbocycles. The SMILES string of the molecule is Cn1nc(C(=O)N(CCO)Cc2ccccc2)cc1NC(=O)c1ccco1. The van der Waals surface area contributed by atoms with Crippen LogP contribution >= 0.6 is 0 Å². The van der Waals surface area contributed by atoms with Crippen LogP contribution < -0.4 is 5.32 Å². The molecule has 8 heteroatoms. The van der Waals surface area contributed by atoms with Crippen LogP contribution in [0.15, 0.2) is 59.2 Å². The van der Waals surface area contributed by atoms with Gasteiger partial charge in [0.1, 0.15) is 5.82 Å². The minimum absolute atomic E-state index is 0.159. The Hall–Kier alpha value is -3.39. The van der Waals surface area contributed by atoms with Crippen molar-refractivity contribution in [1.29, 1.82) is 0 Å². The Balaban J connectivity index is 1.75. The van der Waals surface area contributed by atoms with E-state index in [1.165, 1.54) is 21.9 Å². The van der Waals surface area contributed by atoms with E-state index in [9.17, 15) is 14.7 Å². The molecule has 0 saturated carbocycles. The first-order chi connectivity index (χ1) is 13.1. The molecule has 2 amide bonds. The lowest BCUT2D eigenvalue weighted by atomic mass is 10.2. The number of amides is 2. The summed E-state index contributed by atoms with van der Waals surface area (Å²) in [6.45, 7) is 0.372. The number of furan rings is 1. The van der Waals surface area contributed by atoms with Crippen molar-refractivity contribution in [3.63, 3.8) is 0 Å². The molecule has 0 fully saturated rings. The Morgan fingerprint density at radius 1 is 1.22 bits per heavy atom. The smallest absolute Gasteiger partial charge is 0.292 e. The summed E-state index contributed by atoms with van der Waals surface area (Å²) in [4.78, 5) is 26.4. The highest BCUT2D eigenvalue weighted by atomic mass is 16.3. The van der Waals surface area contributed by atoms with Gasteiger partial charge in [0.25, 0.3) is 11.8 Å². The highest BCUT2D eigenvalue weighted by Crippen LogP contribution is 2.15. The van der Waals surface area contributed by atoms with Gasteiger partial charge in [0.2, 0.25) is 0 Å². The largest absolute Gasteiger partial charge is 0.459 e. The molecule has 3 aromatic rings. The zero-order valence-electron chi connectivity index (χ0n) is 14.8. The quantitative estimate of drug-likeness (QED) is 0.663. The van der Waals surface area contributed by atoms with E-state index in [0.717, 1.165) is 5.56 Å². The van der Waals surface area contributed by atoms with Gasteiger partial charge in [0.15, 0.2) is 11.5 Å². The average molecular weight is 368 g/mol. The number of nitrogens with one attached hydrogen (secondary N) is 1. The highest BCUT2D eigenvalue weighted by molar-refractivity contribution is 6.02. The van der Waals surface area contributed by atoms with Crippen molar-refractivity contribution in [3.8, 4) is 0 Å². The Kier molecular flexibility index (Phi) is 5.68. The van der Waals surface area contributed by atoms with Crippen molar-refractivity contribution in [2.75, 3.05) is 18.5 Å². The fraction of sp³-hybridized carbons (Fsp3) is 0.211. The molecule has 27 heavy (non-hydrogen) atoms. The highest BCUT2D eigenvalue weighted by Gasteiger charge is 2.21. The predicted molar refractivity (Wildman–Crippen MR) is 98.1 cm³/mol. The monoisotopic (exact) mass is 368 g/mol. The number of benzene rings is 1. The summed E-state index contributed by atoms with van der Waals surface area (Å²) in [6, 6.07) is 14.1. The molecule has 1 aromatic carbocycles. The van der Waals surface area contributed by atoms with Gasteiger partial charge in [-0.05, 0) is 17.7 Å². The summed E-state index contributed by atoms with van der Waals surface area (Å²) in [5.41, 5.74) is 1.12. The van der Waals surface area contributed by atoms with Crippen LogP contribution in [0, 0.1) is 0 Å². The van der Waals surface area contributed by atoms with Crippen molar-refractivity contribution < 1.29 is 19.1 Å². The van der Waals surface area contributed by atoms with E-state index in [4.69, 9.17) is 4.42 Å². The van der Waals surface area contributed by atoms with Gasteiger partial charge >= 0.3 is 0 Å². The lowest BCUT2D eigenvalue weighted by molar-refractivity contribution is 0.0701. The van der Waals surface area contributed by atoms with E-state index in [1.807, 2.05) is 30.3 Å². The summed E-state index contributed by atoms with van der Waals surface area (Å²) in [7, 11) is 1.63. The number of aryl methyl sites for hydroxylation is 1. The number of aromatic nitrogens is 2. The second kappa shape index (κ2) is 8.33. The number of carbonyl (C=O) groups is 2. The first-order valence-electron chi connectivity index (χ1n) is 8.41. The second-order valence-corrected chi connectivity index (χ2v) is 5.91. The van der Waals surface area contributed by atoms with E-state index >= 15 is 0 Å². The molecule has 2 heterocycles. The third-order valence-electron chi connectivity index (χ3n) is 3.96. The van der Waals surface area contributed by atoms with Gasteiger partial charge in [-0.15, -0.1) is 0 Å². The number of hydrogen-bond acceptors (Lipinski definition) is 5. The molecule has 2 aromatic heterocycles. The van der Waals surface area contributed by atoms with Crippen LogP contribution in [-0.2, 0) is 13.6 Å². The number of carbonyl (C=O) groups excluding carboxylic acids is 2. The molecule has 0 aliphatic rings. The average Bonchev–Trinajstić information content (AvgIpc) is 3.32. The molecule has 0 spiro atoms. The summed E-state index contributed by atoms with van der Waals surface area (Å²) >= 11 is 0. The molecule has 0 radical (unpaired) electrons. The Bertz CT molecular complexity index is 903. The van der Waals surface area contributed by atoms with E-state index in [2.05, 4.69) is 10.4 Å².